The molecule has 0 aromatic heterocycles. The van der Waals surface area contributed by atoms with Gasteiger partial charge in [0.25, 0.3) is 0 Å². The molecule has 28 heavy (non-hydrogen) atoms. The lowest BCUT2D eigenvalue weighted by atomic mass is 9.86. The molecule has 0 saturated heterocycles. The van der Waals surface area contributed by atoms with Crippen molar-refractivity contribution in [2.45, 2.75) is 31.2 Å². The van der Waals surface area contributed by atoms with E-state index in [0.717, 1.165) is 12.8 Å². The van der Waals surface area contributed by atoms with Crippen LogP contribution in [-0.2, 0) is 9.53 Å². The van der Waals surface area contributed by atoms with Crippen LogP contribution < -0.4 is 5.32 Å². The van der Waals surface area contributed by atoms with Crippen LogP contribution >= 0.6 is 0 Å². The number of carboxylic acids is 1. The quantitative estimate of drug-likeness (QED) is 0.844. The van der Waals surface area contributed by atoms with Gasteiger partial charge in [0, 0.05) is 12.0 Å². The number of carbonyl (C=O) groups is 2. The number of benzene rings is 2. The van der Waals surface area contributed by atoms with Crippen LogP contribution in [-0.4, -0.2) is 29.8 Å². The molecule has 144 valence electrons. The van der Waals surface area contributed by atoms with Gasteiger partial charge >= 0.3 is 12.1 Å². The molecule has 4 atom stereocenters. The van der Waals surface area contributed by atoms with Gasteiger partial charge in [0.05, 0.1) is 5.92 Å². The van der Waals surface area contributed by atoms with E-state index in [2.05, 4.69) is 29.6 Å². The molecule has 4 unspecified atom stereocenters. The van der Waals surface area contributed by atoms with Gasteiger partial charge < -0.3 is 15.2 Å². The van der Waals surface area contributed by atoms with E-state index < -0.39 is 12.1 Å². The maximum atomic E-state index is 12.4. The minimum Gasteiger partial charge on any atom is -0.481 e. The zero-order valence-electron chi connectivity index (χ0n) is 15.5. The first-order chi connectivity index (χ1) is 13.6. The number of fused-ring (bicyclic) bond motifs is 5. The Hall–Kier alpha value is -2.82. The molecule has 2 bridgehead atoms. The van der Waals surface area contributed by atoms with Crippen molar-refractivity contribution in [2.24, 2.45) is 17.8 Å². The Morgan fingerprint density at radius 1 is 0.929 bits per heavy atom. The number of ether oxygens (including phenoxy) is 1. The summed E-state index contributed by atoms with van der Waals surface area (Å²) in [7, 11) is 0. The lowest BCUT2D eigenvalue weighted by Crippen LogP contribution is -2.41. The van der Waals surface area contributed by atoms with Crippen molar-refractivity contribution >= 4 is 12.1 Å². The van der Waals surface area contributed by atoms with Crippen LogP contribution in [0.25, 0.3) is 11.1 Å². The highest BCUT2D eigenvalue weighted by atomic mass is 16.5. The second-order valence-corrected chi connectivity index (χ2v) is 8.25. The van der Waals surface area contributed by atoms with Crippen LogP contribution in [0.4, 0.5) is 4.79 Å². The van der Waals surface area contributed by atoms with Gasteiger partial charge in [0.15, 0.2) is 0 Å². The number of nitrogens with one attached hydrogen (secondary N) is 1. The van der Waals surface area contributed by atoms with E-state index in [4.69, 9.17) is 4.74 Å². The molecule has 5 nitrogen and oxygen atoms in total. The molecule has 0 radical (unpaired) electrons. The van der Waals surface area contributed by atoms with Crippen molar-refractivity contribution in [1.29, 1.82) is 0 Å². The first-order valence-corrected chi connectivity index (χ1v) is 9.96. The Morgan fingerprint density at radius 2 is 1.57 bits per heavy atom. The minimum absolute atomic E-state index is 0.0382. The molecule has 3 aliphatic carbocycles. The van der Waals surface area contributed by atoms with Gasteiger partial charge in [0.2, 0.25) is 0 Å². The summed E-state index contributed by atoms with van der Waals surface area (Å²) in [4.78, 5) is 23.7. The average molecular weight is 377 g/mol. The summed E-state index contributed by atoms with van der Waals surface area (Å²) in [6, 6.07) is 16.6. The van der Waals surface area contributed by atoms with Crippen molar-refractivity contribution in [2.75, 3.05) is 6.61 Å². The molecular formula is C23H23NO4. The molecule has 2 fully saturated rings. The van der Waals surface area contributed by atoms with Gasteiger partial charge in [0.1, 0.15) is 6.61 Å². The molecule has 5 rings (SSSR count). The molecule has 3 aliphatic rings. The number of carboxylic acid groups (broad SMARTS) is 1. The van der Waals surface area contributed by atoms with Crippen molar-refractivity contribution in [1.82, 2.24) is 5.32 Å². The highest BCUT2D eigenvalue weighted by Crippen LogP contribution is 2.48. The van der Waals surface area contributed by atoms with Crippen LogP contribution in [0.2, 0.25) is 0 Å². The fraction of sp³-hybridized carbons (Fsp3) is 0.391. The third-order valence-electron chi connectivity index (χ3n) is 6.82. The number of hydrogen-bond donors (Lipinski definition) is 2. The van der Waals surface area contributed by atoms with E-state index in [1.165, 1.54) is 22.3 Å². The molecule has 0 aliphatic heterocycles. The summed E-state index contributed by atoms with van der Waals surface area (Å²) < 4.78 is 5.62. The van der Waals surface area contributed by atoms with Crippen LogP contribution in [0, 0.1) is 17.8 Å². The number of amides is 1. The highest BCUT2D eigenvalue weighted by molar-refractivity contribution is 5.79. The molecule has 2 aromatic rings. The number of hydrogen-bond acceptors (Lipinski definition) is 3. The second kappa shape index (κ2) is 6.66. The predicted molar refractivity (Wildman–Crippen MR) is 104 cm³/mol. The highest BCUT2D eigenvalue weighted by Gasteiger charge is 2.49. The summed E-state index contributed by atoms with van der Waals surface area (Å²) >= 11 is 0. The number of carbonyl (C=O) groups excluding carboxylic acids is 1. The van der Waals surface area contributed by atoms with Crippen molar-refractivity contribution in [3.8, 4) is 11.1 Å². The Kier molecular flexibility index (Phi) is 4.11. The van der Waals surface area contributed by atoms with Crippen LogP contribution in [0.15, 0.2) is 48.5 Å². The van der Waals surface area contributed by atoms with Gasteiger partial charge in [-0.15, -0.1) is 0 Å². The number of aliphatic carboxylic acids is 1. The SMILES string of the molecule is O=C(NC1CC2CC1CC2C(=O)O)OCC1c2ccccc2-c2ccccc21. The third-order valence-corrected chi connectivity index (χ3v) is 6.82. The zero-order chi connectivity index (χ0) is 19.3. The lowest BCUT2D eigenvalue weighted by Gasteiger charge is -2.26. The molecule has 0 heterocycles. The average Bonchev–Trinajstić information content (AvgIpc) is 3.37. The van der Waals surface area contributed by atoms with E-state index in [1.54, 1.807) is 0 Å². The van der Waals surface area contributed by atoms with E-state index >= 15 is 0 Å². The number of alkyl carbamates (subject to hydrolysis) is 1. The summed E-state index contributed by atoms with van der Waals surface area (Å²) in [5.74, 6) is -0.458. The summed E-state index contributed by atoms with van der Waals surface area (Å²) in [5, 5.41) is 12.2. The fourth-order valence-electron chi connectivity index (χ4n) is 5.55. The van der Waals surface area contributed by atoms with Gasteiger partial charge in [-0.3, -0.25) is 4.79 Å². The van der Waals surface area contributed by atoms with E-state index in [-0.39, 0.29) is 29.7 Å². The largest absolute Gasteiger partial charge is 0.481 e. The molecule has 1 amide bonds. The molecule has 2 aromatic carbocycles. The standard InChI is InChI=1S/C23H23NO4/c25-22(26)19-10-14-9-13(19)11-21(14)24-23(27)28-12-20-17-7-3-1-5-15(17)16-6-2-4-8-18(16)20/h1-8,13-14,19-21H,9-12H2,(H,24,27)(H,25,26). The second-order valence-electron chi connectivity index (χ2n) is 8.25. The zero-order valence-corrected chi connectivity index (χ0v) is 15.5. The topological polar surface area (TPSA) is 75.6 Å². The molecular weight excluding hydrogens is 354 g/mol. The maximum absolute atomic E-state index is 12.4. The normalized spacial score (nSPS) is 27.3. The fourth-order valence-corrected chi connectivity index (χ4v) is 5.55. The van der Waals surface area contributed by atoms with Crippen molar-refractivity contribution in [3.63, 3.8) is 0 Å². The van der Waals surface area contributed by atoms with E-state index in [1.807, 2.05) is 24.3 Å². The molecule has 5 heteroatoms. The third kappa shape index (κ3) is 2.77. The smallest absolute Gasteiger partial charge is 0.407 e. The summed E-state index contributed by atoms with van der Waals surface area (Å²) in [6.45, 7) is 0.304. The maximum Gasteiger partial charge on any atom is 0.407 e. The van der Waals surface area contributed by atoms with Crippen LogP contribution in [0.5, 0.6) is 0 Å². The predicted octanol–water partition coefficient (Wildman–Crippen LogP) is 4.02. The molecule has 2 N–H and O–H groups in total. The Balaban J connectivity index is 1.23. The van der Waals surface area contributed by atoms with Gasteiger partial charge in [-0.25, -0.2) is 4.79 Å². The van der Waals surface area contributed by atoms with Gasteiger partial charge in [-0.05, 0) is 53.4 Å². The summed E-state index contributed by atoms with van der Waals surface area (Å²) in [6.07, 6.45) is 1.90. The van der Waals surface area contributed by atoms with Crippen molar-refractivity contribution < 1.29 is 19.4 Å². The van der Waals surface area contributed by atoms with Gasteiger partial charge in [-0.1, -0.05) is 48.5 Å². The van der Waals surface area contributed by atoms with E-state index in [9.17, 15) is 14.7 Å². The lowest BCUT2D eigenvalue weighted by molar-refractivity contribution is -0.143. The summed E-state index contributed by atoms with van der Waals surface area (Å²) in [5.41, 5.74) is 4.81. The first kappa shape index (κ1) is 17.3. The van der Waals surface area contributed by atoms with Crippen LogP contribution in [0.1, 0.15) is 36.3 Å². The number of rotatable bonds is 4. The van der Waals surface area contributed by atoms with Crippen LogP contribution in [0.3, 0.4) is 0 Å². The van der Waals surface area contributed by atoms with Crippen molar-refractivity contribution in [3.05, 3.63) is 59.7 Å². The molecule has 0 spiro atoms. The monoisotopic (exact) mass is 377 g/mol. The van der Waals surface area contributed by atoms with Gasteiger partial charge in [-0.2, -0.15) is 0 Å². The Labute approximate surface area is 163 Å². The van der Waals surface area contributed by atoms with E-state index in [0.29, 0.717) is 13.0 Å². The Morgan fingerprint density at radius 3 is 2.14 bits per heavy atom. The first-order valence-electron chi connectivity index (χ1n) is 9.96. The molecule has 2 saturated carbocycles. The minimum atomic E-state index is -0.702. The Bertz CT molecular complexity index is 894.